The minimum absolute atomic E-state index is 0.0168. The van der Waals surface area contributed by atoms with Crippen molar-refractivity contribution in [2.24, 2.45) is 0 Å². The molecule has 6 nitrogen and oxygen atoms in total. The quantitative estimate of drug-likeness (QED) is 0.631. The van der Waals surface area contributed by atoms with Crippen LogP contribution in [0, 0.1) is 0 Å². The van der Waals surface area contributed by atoms with E-state index in [1.165, 1.54) is 0 Å². The predicted molar refractivity (Wildman–Crippen MR) is 89.7 cm³/mol. The monoisotopic (exact) mass is 329 g/mol. The molecule has 2 bridgehead atoms. The second-order valence-electron chi connectivity index (χ2n) is 6.39. The van der Waals surface area contributed by atoms with Crippen molar-refractivity contribution in [2.75, 3.05) is 19.6 Å². The molecular formula is C18H23N3O3. The summed E-state index contributed by atoms with van der Waals surface area (Å²) in [6, 6.07) is 6.89. The van der Waals surface area contributed by atoms with Gasteiger partial charge in [-0.3, -0.25) is 14.4 Å². The van der Waals surface area contributed by atoms with Gasteiger partial charge in [-0.05, 0) is 56.4 Å². The highest BCUT2D eigenvalue weighted by molar-refractivity contribution is 5.98. The van der Waals surface area contributed by atoms with Gasteiger partial charge in [0.25, 0.3) is 11.8 Å². The number of fused-ring (bicyclic) bond motifs is 9. The normalized spacial score (nSPS) is 20.9. The number of hydrogen-bond donors (Lipinski definition) is 2. The van der Waals surface area contributed by atoms with Crippen molar-refractivity contribution in [1.82, 2.24) is 15.5 Å². The van der Waals surface area contributed by atoms with Crippen molar-refractivity contribution in [3.05, 3.63) is 35.4 Å². The number of nitrogens with one attached hydrogen (secondary N) is 2. The average molecular weight is 329 g/mol. The Hall–Kier alpha value is -2.37. The van der Waals surface area contributed by atoms with Crippen molar-refractivity contribution >= 4 is 17.7 Å². The Balaban J connectivity index is 1.61. The first-order valence-electron chi connectivity index (χ1n) is 8.63. The fraction of sp³-hybridized carbons (Fsp3) is 0.500. The number of benzene rings is 1. The van der Waals surface area contributed by atoms with Crippen LogP contribution in [0.4, 0.5) is 0 Å². The molecule has 6 heteroatoms. The zero-order chi connectivity index (χ0) is 16.9. The molecule has 0 spiro atoms. The maximum Gasteiger partial charge on any atom is 0.253 e. The van der Waals surface area contributed by atoms with Crippen LogP contribution in [0.25, 0.3) is 0 Å². The van der Waals surface area contributed by atoms with Crippen molar-refractivity contribution in [3.8, 4) is 0 Å². The lowest BCUT2D eigenvalue weighted by Gasteiger charge is -2.23. The summed E-state index contributed by atoms with van der Waals surface area (Å²) in [4.78, 5) is 37.4. The molecule has 3 amide bonds. The first kappa shape index (κ1) is 16.5. The van der Waals surface area contributed by atoms with E-state index >= 15 is 0 Å². The molecule has 3 aliphatic heterocycles. The van der Waals surface area contributed by atoms with Gasteiger partial charge in [0, 0.05) is 30.8 Å². The molecule has 24 heavy (non-hydrogen) atoms. The van der Waals surface area contributed by atoms with Crippen LogP contribution >= 0.6 is 0 Å². The molecule has 0 saturated carbocycles. The van der Waals surface area contributed by atoms with Gasteiger partial charge in [0.1, 0.15) is 6.04 Å². The van der Waals surface area contributed by atoms with E-state index < -0.39 is 0 Å². The Kier molecular flexibility index (Phi) is 5.13. The minimum Gasteiger partial charge on any atom is -0.352 e. The summed E-state index contributed by atoms with van der Waals surface area (Å²) in [5.41, 5.74) is 1.20. The molecule has 1 aromatic carbocycles. The standard InChI is InChI=1S/C18H23N3O3/c22-16-13-6-8-14(9-7-13)18(24)21(12-4-2-10-19-16)11-3-1-5-15-17(23)20-15/h6-9,15H,1-5,10-12H2,(H,19,22)(H,20,23). The molecule has 1 fully saturated rings. The van der Waals surface area contributed by atoms with E-state index in [1.807, 2.05) is 4.90 Å². The van der Waals surface area contributed by atoms with E-state index in [0.29, 0.717) is 30.8 Å². The molecule has 1 atom stereocenters. The predicted octanol–water partition coefficient (Wildman–Crippen LogP) is 1.32. The molecule has 3 heterocycles. The SMILES string of the molecule is O=C1NCCCCN(CCCCC2NC2=O)C(=O)c2ccc1cc2. The highest BCUT2D eigenvalue weighted by Gasteiger charge is 2.32. The summed E-state index contributed by atoms with van der Waals surface area (Å²) >= 11 is 0. The zero-order valence-electron chi connectivity index (χ0n) is 13.7. The van der Waals surface area contributed by atoms with Gasteiger partial charge in [-0.15, -0.1) is 0 Å². The summed E-state index contributed by atoms with van der Waals surface area (Å²) < 4.78 is 0. The average Bonchev–Trinajstić information content (AvgIpc) is 3.30. The summed E-state index contributed by atoms with van der Waals surface area (Å²) in [5, 5.41) is 5.67. The van der Waals surface area contributed by atoms with E-state index in [9.17, 15) is 14.4 Å². The molecule has 128 valence electrons. The van der Waals surface area contributed by atoms with Gasteiger partial charge >= 0.3 is 0 Å². The lowest BCUT2D eigenvalue weighted by Crippen LogP contribution is -2.34. The maximum atomic E-state index is 12.7. The van der Waals surface area contributed by atoms with Gasteiger partial charge in [-0.25, -0.2) is 0 Å². The van der Waals surface area contributed by atoms with Crippen LogP contribution in [-0.4, -0.2) is 48.3 Å². The summed E-state index contributed by atoms with van der Waals surface area (Å²) in [5.74, 6) is 0.0670. The van der Waals surface area contributed by atoms with Gasteiger partial charge in [0.2, 0.25) is 5.91 Å². The summed E-state index contributed by atoms with van der Waals surface area (Å²) in [6.45, 7) is 2.02. The lowest BCUT2D eigenvalue weighted by molar-refractivity contribution is -0.111. The van der Waals surface area contributed by atoms with E-state index in [1.54, 1.807) is 24.3 Å². The number of amides is 3. The van der Waals surface area contributed by atoms with Crippen molar-refractivity contribution in [2.45, 2.75) is 38.1 Å². The molecule has 1 unspecified atom stereocenters. The Morgan fingerprint density at radius 1 is 1.00 bits per heavy atom. The Bertz CT molecular complexity index is 627. The summed E-state index contributed by atoms with van der Waals surface area (Å²) in [7, 11) is 0. The van der Waals surface area contributed by atoms with Gasteiger partial charge in [0.15, 0.2) is 0 Å². The third-order valence-electron chi connectivity index (χ3n) is 4.54. The van der Waals surface area contributed by atoms with Crippen LogP contribution in [0.1, 0.15) is 52.8 Å². The van der Waals surface area contributed by atoms with Crippen LogP contribution in [0.5, 0.6) is 0 Å². The summed E-state index contributed by atoms with van der Waals surface area (Å²) in [6.07, 6.45) is 4.40. The van der Waals surface area contributed by atoms with E-state index in [0.717, 1.165) is 32.1 Å². The van der Waals surface area contributed by atoms with Crippen LogP contribution in [-0.2, 0) is 4.79 Å². The zero-order valence-corrected chi connectivity index (χ0v) is 13.7. The molecular weight excluding hydrogens is 306 g/mol. The molecule has 0 radical (unpaired) electrons. The third-order valence-corrected chi connectivity index (χ3v) is 4.54. The Morgan fingerprint density at radius 2 is 1.71 bits per heavy atom. The Labute approximate surface area is 141 Å². The van der Waals surface area contributed by atoms with Crippen LogP contribution in [0.2, 0.25) is 0 Å². The van der Waals surface area contributed by atoms with Gasteiger partial charge in [-0.1, -0.05) is 0 Å². The fourth-order valence-corrected chi connectivity index (χ4v) is 2.98. The molecule has 0 aromatic heterocycles. The van der Waals surface area contributed by atoms with Crippen molar-refractivity contribution in [1.29, 1.82) is 0 Å². The number of hydrogen-bond acceptors (Lipinski definition) is 3. The minimum atomic E-state index is -0.0883. The highest BCUT2D eigenvalue weighted by Crippen LogP contribution is 2.14. The van der Waals surface area contributed by atoms with Gasteiger partial charge in [0.05, 0.1) is 0 Å². The highest BCUT2D eigenvalue weighted by atomic mass is 16.2. The van der Waals surface area contributed by atoms with E-state index in [2.05, 4.69) is 10.6 Å². The molecule has 1 saturated heterocycles. The largest absolute Gasteiger partial charge is 0.352 e. The second kappa shape index (κ2) is 7.47. The van der Waals surface area contributed by atoms with Crippen molar-refractivity contribution < 1.29 is 14.4 Å². The van der Waals surface area contributed by atoms with E-state index in [-0.39, 0.29) is 23.8 Å². The van der Waals surface area contributed by atoms with Gasteiger partial charge in [-0.2, -0.15) is 0 Å². The fourth-order valence-electron chi connectivity index (χ4n) is 2.98. The lowest BCUT2D eigenvalue weighted by atomic mass is 10.1. The maximum absolute atomic E-state index is 12.7. The number of carbonyl (C=O) groups excluding carboxylic acids is 3. The number of rotatable bonds is 5. The number of carbonyl (C=O) groups is 3. The topological polar surface area (TPSA) is 88.4 Å². The smallest absolute Gasteiger partial charge is 0.253 e. The van der Waals surface area contributed by atoms with Gasteiger partial charge < -0.3 is 15.5 Å². The molecule has 2 N–H and O–H groups in total. The van der Waals surface area contributed by atoms with E-state index in [4.69, 9.17) is 0 Å². The van der Waals surface area contributed by atoms with Crippen molar-refractivity contribution in [3.63, 3.8) is 0 Å². The number of nitrogens with zero attached hydrogens (tertiary/aromatic N) is 1. The molecule has 3 aliphatic rings. The van der Waals surface area contributed by atoms with Crippen LogP contribution in [0.3, 0.4) is 0 Å². The second-order valence-corrected chi connectivity index (χ2v) is 6.39. The van der Waals surface area contributed by atoms with Crippen LogP contribution in [0.15, 0.2) is 24.3 Å². The molecule has 1 aromatic rings. The molecule has 0 aliphatic carbocycles. The molecule has 4 rings (SSSR count). The first-order valence-corrected chi connectivity index (χ1v) is 8.63. The Morgan fingerprint density at radius 3 is 2.42 bits per heavy atom. The third kappa shape index (κ3) is 4.13. The number of unbranched alkanes of at least 4 members (excludes halogenated alkanes) is 1. The first-order chi connectivity index (χ1) is 11.6. The van der Waals surface area contributed by atoms with Crippen LogP contribution < -0.4 is 10.6 Å².